The van der Waals surface area contributed by atoms with Crippen LogP contribution < -0.4 is 5.32 Å². The standard InChI is InChI=1S/C15H15N3O2S/c1-8-3-4-10-11(7-16)15(21-13(10)5-8)17-14(19)12-6-9(2)18-20-12/h6,8H,3-5H2,1-2H3,(H,17,19)/t8-/m1/s1. The molecule has 1 atom stereocenters. The Balaban J connectivity index is 1.89. The molecule has 0 unspecified atom stereocenters. The Morgan fingerprint density at radius 1 is 1.62 bits per heavy atom. The number of rotatable bonds is 2. The Morgan fingerprint density at radius 3 is 3.10 bits per heavy atom. The van der Waals surface area contributed by atoms with Crippen LogP contribution in [0.25, 0.3) is 0 Å². The summed E-state index contributed by atoms with van der Waals surface area (Å²) >= 11 is 1.50. The van der Waals surface area contributed by atoms with Gasteiger partial charge in [-0.1, -0.05) is 12.1 Å². The number of carbonyl (C=O) groups excluding carboxylic acids is 1. The van der Waals surface area contributed by atoms with Gasteiger partial charge in [0.1, 0.15) is 11.1 Å². The Kier molecular flexibility index (Phi) is 3.52. The van der Waals surface area contributed by atoms with E-state index in [-0.39, 0.29) is 11.7 Å². The first-order valence-corrected chi connectivity index (χ1v) is 7.69. The molecular weight excluding hydrogens is 286 g/mol. The summed E-state index contributed by atoms with van der Waals surface area (Å²) in [5.41, 5.74) is 2.36. The van der Waals surface area contributed by atoms with Gasteiger partial charge >= 0.3 is 0 Å². The van der Waals surface area contributed by atoms with Gasteiger partial charge in [-0.05, 0) is 37.7 Å². The van der Waals surface area contributed by atoms with E-state index >= 15 is 0 Å². The quantitative estimate of drug-likeness (QED) is 0.923. The first kappa shape index (κ1) is 13.8. The zero-order valence-corrected chi connectivity index (χ0v) is 12.7. The average molecular weight is 301 g/mol. The highest BCUT2D eigenvalue weighted by Crippen LogP contribution is 2.39. The molecular formula is C15H15N3O2S. The van der Waals surface area contributed by atoms with Crippen LogP contribution in [0.1, 0.15) is 45.6 Å². The van der Waals surface area contributed by atoms with Crippen LogP contribution in [-0.2, 0) is 12.8 Å². The Morgan fingerprint density at radius 2 is 2.43 bits per heavy atom. The van der Waals surface area contributed by atoms with Crippen molar-refractivity contribution in [1.29, 1.82) is 5.26 Å². The van der Waals surface area contributed by atoms with Gasteiger partial charge in [0.2, 0.25) is 5.76 Å². The highest BCUT2D eigenvalue weighted by Gasteiger charge is 2.25. The van der Waals surface area contributed by atoms with Crippen LogP contribution in [0.2, 0.25) is 0 Å². The Labute approximate surface area is 126 Å². The summed E-state index contributed by atoms with van der Waals surface area (Å²) in [5, 5.41) is 16.5. The molecule has 0 bridgehead atoms. The number of hydrogen-bond donors (Lipinski definition) is 1. The topological polar surface area (TPSA) is 78.9 Å². The van der Waals surface area contributed by atoms with Crippen LogP contribution in [-0.4, -0.2) is 11.1 Å². The fourth-order valence-corrected chi connectivity index (χ4v) is 3.95. The van der Waals surface area contributed by atoms with Crippen molar-refractivity contribution in [3.8, 4) is 6.07 Å². The second-order valence-corrected chi connectivity index (χ2v) is 6.56. The van der Waals surface area contributed by atoms with Crippen LogP contribution in [0.5, 0.6) is 0 Å². The summed E-state index contributed by atoms with van der Waals surface area (Å²) in [4.78, 5) is 13.3. The van der Waals surface area contributed by atoms with Gasteiger partial charge in [-0.15, -0.1) is 11.3 Å². The fourth-order valence-electron chi connectivity index (χ4n) is 2.59. The molecule has 1 aliphatic carbocycles. The third-order valence-corrected chi connectivity index (χ3v) is 4.87. The van der Waals surface area contributed by atoms with Gasteiger partial charge in [0, 0.05) is 10.9 Å². The number of aromatic nitrogens is 1. The summed E-state index contributed by atoms with van der Waals surface area (Å²) in [5.74, 6) is 0.429. The third-order valence-electron chi connectivity index (χ3n) is 3.70. The molecule has 0 fully saturated rings. The van der Waals surface area contributed by atoms with E-state index in [1.807, 2.05) is 0 Å². The maximum atomic E-state index is 12.1. The van der Waals surface area contributed by atoms with Gasteiger partial charge in [0.05, 0.1) is 11.3 Å². The second kappa shape index (κ2) is 5.34. The van der Waals surface area contributed by atoms with Crippen molar-refractivity contribution < 1.29 is 9.32 Å². The Bertz CT molecular complexity index is 739. The molecule has 21 heavy (non-hydrogen) atoms. The number of amides is 1. The van der Waals surface area contributed by atoms with E-state index in [2.05, 4.69) is 23.5 Å². The molecule has 0 radical (unpaired) electrons. The van der Waals surface area contributed by atoms with E-state index in [1.165, 1.54) is 16.2 Å². The van der Waals surface area contributed by atoms with Crippen molar-refractivity contribution in [3.63, 3.8) is 0 Å². The minimum Gasteiger partial charge on any atom is -0.351 e. The van der Waals surface area contributed by atoms with Crippen LogP contribution in [0.3, 0.4) is 0 Å². The first-order chi connectivity index (χ1) is 10.1. The predicted octanol–water partition coefficient (Wildman–Crippen LogP) is 3.29. The molecule has 2 aromatic rings. The molecule has 0 saturated carbocycles. The summed E-state index contributed by atoms with van der Waals surface area (Å²) in [6, 6.07) is 3.81. The highest BCUT2D eigenvalue weighted by atomic mass is 32.1. The van der Waals surface area contributed by atoms with E-state index in [0.717, 1.165) is 24.8 Å². The molecule has 2 heterocycles. The largest absolute Gasteiger partial charge is 0.351 e. The molecule has 0 saturated heterocycles. The lowest BCUT2D eigenvalue weighted by Gasteiger charge is -2.17. The lowest BCUT2D eigenvalue weighted by molar-refractivity contribution is 0.0988. The molecule has 3 rings (SSSR count). The number of hydrogen-bond acceptors (Lipinski definition) is 5. The number of anilines is 1. The van der Waals surface area contributed by atoms with Gasteiger partial charge < -0.3 is 9.84 Å². The van der Waals surface area contributed by atoms with Crippen LogP contribution in [0.4, 0.5) is 5.00 Å². The van der Waals surface area contributed by atoms with Crippen molar-refractivity contribution in [3.05, 3.63) is 33.5 Å². The zero-order valence-electron chi connectivity index (χ0n) is 11.9. The zero-order chi connectivity index (χ0) is 15.0. The predicted molar refractivity (Wildman–Crippen MR) is 79.4 cm³/mol. The van der Waals surface area contributed by atoms with Gasteiger partial charge in [-0.2, -0.15) is 5.26 Å². The lowest BCUT2D eigenvalue weighted by atomic mass is 9.89. The lowest BCUT2D eigenvalue weighted by Crippen LogP contribution is -2.11. The van der Waals surface area contributed by atoms with Gasteiger partial charge in [0.15, 0.2) is 0 Å². The minimum absolute atomic E-state index is 0.163. The number of nitrogens with one attached hydrogen (secondary N) is 1. The van der Waals surface area contributed by atoms with E-state index in [9.17, 15) is 10.1 Å². The maximum absolute atomic E-state index is 12.1. The smallest absolute Gasteiger partial charge is 0.294 e. The SMILES string of the molecule is Cc1cc(C(=O)Nc2sc3c(c2C#N)CC[C@@H](C)C3)on1. The summed E-state index contributed by atoms with van der Waals surface area (Å²) < 4.78 is 4.95. The number of nitriles is 1. The molecule has 108 valence electrons. The van der Waals surface area contributed by atoms with Gasteiger partial charge in [-0.3, -0.25) is 4.79 Å². The number of aryl methyl sites for hydroxylation is 1. The van der Waals surface area contributed by atoms with E-state index in [1.54, 1.807) is 13.0 Å². The average Bonchev–Trinajstić information content (AvgIpc) is 3.01. The fraction of sp³-hybridized carbons (Fsp3) is 0.400. The van der Waals surface area contributed by atoms with Gasteiger partial charge in [-0.25, -0.2) is 0 Å². The third kappa shape index (κ3) is 2.57. The molecule has 2 aromatic heterocycles. The molecule has 1 N–H and O–H groups in total. The normalized spacial score (nSPS) is 17.1. The molecule has 0 spiro atoms. The summed E-state index contributed by atoms with van der Waals surface area (Å²) in [6.45, 7) is 3.97. The number of thiophene rings is 1. The summed E-state index contributed by atoms with van der Waals surface area (Å²) in [6.07, 6.45) is 2.98. The van der Waals surface area contributed by atoms with Crippen LogP contribution >= 0.6 is 11.3 Å². The van der Waals surface area contributed by atoms with E-state index < -0.39 is 0 Å². The number of fused-ring (bicyclic) bond motifs is 1. The van der Waals surface area contributed by atoms with Crippen molar-refractivity contribution in [1.82, 2.24) is 5.16 Å². The number of nitrogens with zero attached hydrogens (tertiary/aromatic N) is 2. The number of carbonyl (C=O) groups is 1. The van der Waals surface area contributed by atoms with Gasteiger partial charge in [0.25, 0.3) is 5.91 Å². The first-order valence-electron chi connectivity index (χ1n) is 6.87. The van der Waals surface area contributed by atoms with Crippen molar-refractivity contribution in [2.24, 2.45) is 5.92 Å². The van der Waals surface area contributed by atoms with E-state index in [0.29, 0.717) is 22.2 Å². The van der Waals surface area contributed by atoms with Crippen LogP contribution in [0, 0.1) is 24.2 Å². The molecule has 0 aromatic carbocycles. The minimum atomic E-state index is -0.362. The maximum Gasteiger partial charge on any atom is 0.294 e. The molecule has 1 amide bonds. The van der Waals surface area contributed by atoms with Crippen LogP contribution in [0.15, 0.2) is 10.6 Å². The monoisotopic (exact) mass is 301 g/mol. The summed E-state index contributed by atoms with van der Waals surface area (Å²) in [7, 11) is 0. The van der Waals surface area contributed by atoms with E-state index in [4.69, 9.17) is 4.52 Å². The highest BCUT2D eigenvalue weighted by molar-refractivity contribution is 7.16. The Hall–Kier alpha value is -2.13. The molecule has 6 heteroatoms. The van der Waals surface area contributed by atoms with Crippen molar-refractivity contribution in [2.45, 2.75) is 33.1 Å². The van der Waals surface area contributed by atoms with Crippen molar-refractivity contribution >= 4 is 22.2 Å². The molecule has 1 aliphatic rings. The molecule has 0 aliphatic heterocycles. The second-order valence-electron chi connectivity index (χ2n) is 5.45. The molecule has 5 nitrogen and oxygen atoms in total. The van der Waals surface area contributed by atoms with Crippen molar-refractivity contribution in [2.75, 3.05) is 5.32 Å².